The summed E-state index contributed by atoms with van der Waals surface area (Å²) in [5.74, 6) is 0.271. The summed E-state index contributed by atoms with van der Waals surface area (Å²) < 4.78 is 5.39. The van der Waals surface area contributed by atoms with E-state index in [2.05, 4.69) is 0 Å². The maximum atomic E-state index is 11.9. The van der Waals surface area contributed by atoms with Crippen LogP contribution in [0.15, 0.2) is 36.4 Å². The first kappa shape index (κ1) is 14.9. The van der Waals surface area contributed by atoms with Crippen LogP contribution >= 0.6 is 23.2 Å². The molecule has 2 aromatic rings. The van der Waals surface area contributed by atoms with Gasteiger partial charge in [0.1, 0.15) is 5.75 Å². The van der Waals surface area contributed by atoms with Crippen molar-refractivity contribution in [2.24, 2.45) is 0 Å². The summed E-state index contributed by atoms with van der Waals surface area (Å²) in [6.45, 7) is 3.86. The lowest BCUT2D eigenvalue weighted by Crippen LogP contribution is -2.12. The van der Waals surface area contributed by atoms with E-state index in [1.54, 1.807) is 18.2 Å². The maximum absolute atomic E-state index is 11.9. The van der Waals surface area contributed by atoms with E-state index < -0.39 is 0 Å². The molecule has 0 aliphatic rings. The Bertz CT molecular complexity index is 651. The molecule has 0 saturated heterocycles. The number of carbonyl (C=O) groups excluding carboxylic acids is 1. The highest BCUT2D eigenvalue weighted by atomic mass is 35.5. The van der Waals surface area contributed by atoms with Crippen molar-refractivity contribution in [1.29, 1.82) is 0 Å². The third-order valence-corrected chi connectivity index (χ3v) is 3.64. The van der Waals surface area contributed by atoms with Crippen molar-refractivity contribution in [3.63, 3.8) is 0 Å². The smallest absolute Gasteiger partial charge is 0.315 e. The van der Waals surface area contributed by atoms with Gasteiger partial charge in [-0.2, -0.15) is 0 Å². The molecule has 0 aliphatic heterocycles. The molecule has 0 aromatic heterocycles. The Morgan fingerprint density at radius 2 is 1.80 bits per heavy atom. The van der Waals surface area contributed by atoms with Crippen molar-refractivity contribution in [2.45, 2.75) is 20.3 Å². The van der Waals surface area contributed by atoms with E-state index in [1.807, 2.05) is 32.0 Å². The number of carbonyl (C=O) groups is 1. The zero-order chi connectivity index (χ0) is 14.7. The highest BCUT2D eigenvalue weighted by Crippen LogP contribution is 2.24. The van der Waals surface area contributed by atoms with E-state index in [-0.39, 0.29) is 12.4 Å². The second-order valence-electron chi connectivity index (χ2n) is 4.67. The van der Waals surface area contributed by atoms with Crippen molar-refractivity contribution < 1.29 is 9.53 Å². The number of benzene rings is 2. The first-order valence-electron chi connectivity index (χ1n) is 6.17. The van der Waals surface area contributed by atoms with Gasteiger partial charge in [0.05, 0.1) is 16.5 Å². The van der Waals surface area contributed by atoms with Gasteiger partial charge in [-0.05, 0) is 48.7 Å². The van der Waals surface area contributed by atoms with E-state index in [9.17, 15) is 4.79 Å². The van der Waals surface area contributed by atoms with E-state index in [0.29, 0.717) is 15.8 Å². The lowest BCUT2D eigenvalue weighted by molar-refractivity contribution is -0.133. The maximum Gasteiger partial charge on any atom is 0.315 e. The molecule has 0 aliphatic carbocycles. The number of halogens is 2. The zero-order valence-corrected chi connectivity index (χ0v) is 12.8. The molecule has 0 saturated carbocycles. The summed E-state index contributed by atoms with van der Waals surface area (Å²) in [5, 5.41) is 0.905. The Morgan fingerprint density at radius 3 is 2.50 bits per heavy atom. The Morgan fingerprint density at radius 1 is 1.05 bits per heavy atom. The molecule has 4 heteroatoms. The SMILES string of the molecule is Cc1ccc(C)c(OC(=O)Cc2ccc(Cl)c(Cl)c2)c1. The Balaban J connectivity index is 2.09. The van der Waals surface area contributed by atoms with Crippen LogP contribution in [0.25, 0.3) is 0 Å². The van der Waals surface area contributed by atoms with E-state index in [1.165, 1.54) is 0 Å². The largest absolute Gasteiger partial charge is 0.426 e. The minimum absolute atomic E-state index is 0.157. The molecule has 0 heterocycles. The molecular formula is C16H14Cl2O2. The molecule has 104 valence electrons. The van der Waals surface area contributed by atoms with Gasteiger partial charge >= 0.3 is 5.97 Å². The number of aryl methyl sites for hydroxylation is 2. The van der Waals surface area contributed by atoms with Crippen LogP contribution in [0.1, 0.15) is 16.7 Å². The van der Waals surface area contributed by atoms with E-state index in [4.69, 9.17) is 27.9 Å². The Kier molecular flexibility index (Phi) is 4.69. The first-order chi connectivity index (χ1) is 9.45. The fraction of sp³-hybridized carbons (Fsp3) is 0.188. The highest BCUT2D eigenvalue weighted by Gasteiger charge is 2.10. The van der Waals surface area contributed by atoms with Crippen molar-refractivity contribution in [3.05, 3.63) is 63.1 Å². The predicted molar refractivity (Wildman–Crippen MR) is 81.7 cm³/mol. The molecule has 20 heavy (non-hydrogen) atoms. The molecule has 0 radical (unpaired) electrons. The molecule has 0 spiro atoms. The third-order valence-electron chi connectivity index (χ3n) is 2.90. The minimum Gasteiger partial charge on any atom is -0.426 e. The molecule has 0 atom stereocenters. The van der Waals surface area contributed by atoms with Crippen LogP contribution in [0, 0.1) is 13.8 Å². The number of esters is 1. The lowest BCUT2D eigenvalue weighted by Gasteiger charge is -2.08. The van der Waals surface area contributed by atoms with Gasteiger partial charge in [-0.3, -0.25) is 4.79 Å². The molecule has 0 amide bonds. The number of rotatable bonds is 3. The van der Waals surface area contributed by atoms with Gasteiger partial charge in [0, 0.05) is 0 Å². The molecule has 0 fully saturated rings. The molecule has 2 rings (SSSR count). The highest BCUT2D eigenvalue weighted by molar-refractivity contribution is 6.42. The summed E-state index contributed by atoms with van der Waals surface area (Å²) in [7, 11) is 0. The lowest BCUT2D eigenvalue weighted by atomic mass is 10.1. The van der Waals surface area contributed by atoms with E-state index in [0.717, 1.165) is 16.7 Å². The van der Waals surface area contributed by atoms with Crippen molar-refractivity contribution in [2.75, 3.05) is 0 Å². The number of ether oxygens (including phenoxy) is 1. The fourth-order valence-corrected chi connectivity index (χ4v) is 2.11. The normalized spacial score (nSPS) is 10.4. The fourth-order valence-electron chi connectivity index (χ4n) is 1.79. The van der Waals surface area contributed by atoms with Gasteiger partial charge < -0.3 is 4.74 Å². The topological polar surface area (TPSA) is 26.3 Å². The van der Waals surface area contributed by atoms with Crippen LogP contribution < -0.4 is 4.74 Å². The summed E-state index contributed by atoms with van der Waals surface area (Å²) >= 11 is 11.8. The summed E-state index contributed by atoms with van der Waals surface area (Å²) in [6.07, 6.45) is 0.157. The summed E-state index contributed by atoms with van der Waals surface area (Å²) in [4.78, 5) is 11.9. The van der Waals surface area contributed by atoms with Crippen LogP contribution in [0.4, 0.5) is 0 Å². The number of hydrogen-bond donors (Lipinski definition) is 0. The standard InChI is InChI=1S/C16H14Cl2O2/c1-10-3-4-11(2)15(7-10)20-16(19)9-12-5-6-13(17)14(18)8-12/h3-8H,9H2,1-2H3. The van der Waals surface area contributed by atoms with Crippen molar-refractivity contribution in [1.82, 2.24) is 0 Å². The summed E-state index contributed by atoms with van der Waals surface area (Å²) in [6, 6.07) is 10.9. The van der Waals surface area contributed by atoms with Gasteiger partial charge in [-0.15, -0.1) is 0 Å². The van der Waals surface area contributed by atoms with Crippen molar-refractivity contribution in [3.8, 4) is 5.75 Å². The minimum atomic E-state index is -0.322. The van der Waals surface area contributed by atoms with Gasteiger partial charge in [0.15, 0.2) is 0 Å². The third kappa shape index (κ3) is 3.75. The average molecular weight is 309 g/mol. The van der Waals surface area contributed by atoms with E-state index >= 15 is 0 Å². The zero-order valence-electron chi connectivity index (χ0n) is 11.2. The molecule has 2 nitrogen and oxygen atoms in total. The molecule has 0 bridgehead atoms. The first-order valence-corrected chi connectivity index (χ1v) is 6.93. The second kappa shape index (κ2) is 6.29. The van der Waals surface area contributed by atoms with Gasteiger partial charge in [-0.25, -0.2) is 0 Å². The quantitative estimate of drug-likeness (QED) is 0.603. The summed E-state index contributed by atoms with van der Waals surface area (Å²) in [5.41, 5.74) is 2.75. The molecule has 0 unspecified atom stereocenters. The molecule has 2 aromatic carbocycles. The van der Waals surface area contributed by atoms with Crippen molar-refractivity contribution >= 4 is 29.2 Å². The van der Waals surface area contributed by atoms with Crippen LogP contribution in [0.2, 0.25) is 10.0 Å². The Hall–Kier alpha value is -1.51. The van der Waals surface area contributed by atoms with Crippen LogP contribution in [-0.2, 0) is 11.2 Å². The monoisotopic (exact) mass is 308 g/mol. The predicted octanol–water partition coefficient (Wildman–Crippen LogP) is 4.76. The molecule has 0 N–H and O–H groups in total. The average Bonchev–Trinajstić information content (AvgIpc) is 2.38. The van der Waals surface area contributed by atoms with Crippen LogP contribution in [0.3, 0.4) is 0 Å². The van der Waals surface area contributed by atoms with Gasteiger partial charge in [0.2, 0.25) is 0 Å². The van der Waals surface area contributed by atoms with Gasteiger partial charge in [0.25, 0.3) is 0 Å². The van der Waals surface area contributed by atoms with Crippen LogP contribution in [-0.4, -0.2) is 5.97 Å². The Labute approximate surface area is 128 Å². The second-order valence-corrected chi connectivity index (χ2v) is 5.48. The van der Waals surface area contributed by atoms with Gasteiger partial charge in [-0.1, -0.05) is 41.4 Å². The number of hydrogen-bond acceptors (Lipinski definition) is 2. The van der Waals surface area contributed by atoms with Crippen LogP contribution in [0.5, 0.6) is 5.75 Å². The molecular weight excluding hydrogens is 295 g/mol.